The molecule has 0 saturated heterocycles. The maximum absolute atomic E-state index is 11.5. The van der Waals surface area contributed by atoms with Gasteiger partial charge in [-0.3, -0.25) is 15.1 Å². The Balaban J connectivity index is 1.86. The summed E-state index contributed by atoms with van der Waals surface area (Å²) in [6.07, 6.45) is 4.55. The van der Waals surface area contributed by atoms with E-state index in [1.165, 1.54) is 6.33 Å². The lowest BCUT2D eigenvalue weighted by molar-refractivity contribution is -0.385. The van der Waals surface area contributed by atoms with E-state index in [9.17, 15) is 10.1 Å². The lowest BCUT2D eigenvalue weighted by atomic mass is 10.2. The van der Waals surface area contributed by atoms with E-state index in [4.69, 9.17) is 4.74 Å². The molecule has 25 heavy (non-hydrogen) atoms. The number of pyridine rings is 1. The standard InChI is InChI=1S/C17H15N5O3/c1-12-4-6-14(7-5-12)25-17-15(22(23)24)16(20-11-21-17)19-10-13-3-2-8-18-9-13/h2-9,11H,10H2,1H3,(H,19,20,21). The zero-order valence-corrected chi connectivity index (χ0v) is 13.4. The Morgan fingerprint density at radius 3 is 2.68 bits per heavy atom. The molecule has 8 heteroatoms. The molecule has 0 radical (unpaired) electrons. The van der Waals surface area contributed by atoms with Crippen molar-refractivity contribution in [3.8, 4) is 11.6 Å². The van der Waals surface area contributed by atoms with Crippen molar-refractivity contribution in [1.82, 2.24) is 15.0 Å². The third kappa shape index (κ3) is 4.05. The summed E-state index contributed by atoms with van der Waals surface area (Å²) in [7, 11) is 0. The number of ether oxygens (including phenoxy) is 1. The van der Waals surface area contributed by atoms with Crippen LogP contribution >= 0.6 is 0 Å². The van der Waals surface area contributed by atoms with Crippen molar-refractivity contribution < 1.29 is 9.66 Å². The topological polar surface area (TPSA) is 103 Å². The predicted molar refractivity (Wildman–Crippen MR) is 91.5 cm³/mol. The van der Waals surface area contributed by atoms with Crippen molar-refractivity contribution in [3.63, 3.8) is 0 Å². The normalized spacial score (nSPS) is 10.3. The highest BCUT2D eigenvalue weighted by Gasteiger charge is 2.24. The van der Waals surface area contributed by atoms with Gasteiger partial charge in [0.1, 0.15) is 12.1 Å². The van der Waals surface area contributed by atoms with Crippen molar-refractivity contribution in [1.29, 1.82) is 0 Å². The second-order valence-corrected chi connectivity index (χ2v) is 5.26. The van der Waals surface area contributed by atoms with Crippen molar-refractivity contribution in [2.24, 2.45) is 0 Å². The summed E-state index contributed by atoms with van der Waals surface area (Å²) in [6, 6.07) is 10.8. The minimum absolute atomic E-state index is 0.0889. The van der Waals surface area contributed by atoms with Crippen LogP contribution in [0.2, 0.25) is 0 Å². The monoisotopic (exact) mass is 337 g/mol. The Hall–Kier alpha value is -3.55. The Morgan fingerprint density at radius 2 is 2.00 bits per heavy atom. The number of anilines is 1. The first kappa shape index (κ1) is 16.3. The third-order valence-electron chi connectivity index (χ3n) is 3.39. The van der Waals surface area contributed by atoms with E-state index in [-0.39, 0.29) is 17.4 Å². The maximum Gasteiger partial charge on any atom is 0.373 e. The molecule has 8 nitrogen and oxygen atoms in total. The van der Waals surface area contributed by atoms with Crippen LogP contribution in [0.1, 0.15) is 11.1 Å². The van der Waals surface area contributed by atoms with Crippen LogP contribution in [0.3, 0.4) is 0 Å². The van der Waals surface area contributed by atoms with Crippen LogP contribution in [-0.4, -0.2) is 19.9 Å². The van der Waals surface area contributed by atoms with Gasteiger partial charge in [-0.25, -0.2) is 4.98 Å². The van der Waals surface area contributed by atoms with Crippen LogP contribution in [0.15, 0.2) is 55.1 Å². The van der Waals surface area contributed by atoms with E-state index in [2.05, 4.69) is 20.3 Å². The van der Waals surface area contributed by atoms with Crippen LogP contribution in [0.5, 0.6) is 11.6 Å². The summed E-state index contributed by atoms with van der Waals surface area (Å²) < 4.78 is 5.57. The quantitative estimate of drug-likeness (QED) is 0.542. The van der Waals surface area contributed by atoms with E-state index in [0.29, 0.717) is 12.3 Å². The molecule has 0 aliphatic rings. The molecule has 0 unspecified atom stereocenters. The van der Waals surface area contributed by atoms with Gasteiger partial charge in [0.15, 0.2) is 0 Å². The van der Waals surface area contributed by atoms with Gasteiger partial charge >= 0.3 is 11.6 Å². The predicted octanol–water partition coefficient (Wildman–Crippen LogP) is 3.49. The van der Waals surface area contributed by atoms with E-state index in [1.807, 2.05) is 25.1 Å². The smallest absolute Gasteiger partial charge is 0.373 e. The van der Waals surface area contributed by atoms with Gasteiger partial charge in [-0.2, -0.15) is 4.98 Å². The van der Waals surface area contributed by atoms with Gasteiger partial charge in [-0.15, -0.1) is 0 Å². The average Bonchev–Trinajstić information content (AvgIpc) is 2.62. The van der Waals surface area contributed by atoms with Gasteiger partial charge in [0, 0.05) is 18.9 Å². The molecule has 0 amide bonds. The van der Waals surface area contributed by atoms with Crippen molar-refractivity contribution in [3.05, 3.63) is 76.4 Å². The number of rotatable bonds is 6. The van der Waals surface area contributed by atoms with E-state index in [0.717, 1.165) is 11.1 Å². The van der Waals surface area contributed by atoms with Crippen LogP contribution in [0.25, 0.3) is 0 Å². The van der Waals surface area contributed by atoms with Gasteiger partial charge < -0.3 is 10.1 Å². The molecule has 0 spiro atoms. The number of nitrogens with one attached hydrogen (secondary N) is 1. The van der Waals surface area contributed by atoms with Crippen LogP contribution in [0.4, 0.5) is 11.5 Å². The highest BCUT2D eigenvalue weighted by Crippen LogP contribution is 2.34. The van der Waals surface area contributed by atoms with Crippen LogP contribution in [0, 0.1) is 17.0 Å². The van der Waals surface area contributed by atoms with E-state index < -0.39 is 4.92 Å². The van der Waals surface area contributed by atoms with Gasteiger partial charge in [0.05, 0.1) is 4.92 Å². The molecule has 2 heterocycles. The maximum atomic E-state index is 11.5. The summed E-state index contributed by atoms with van der Waals surface area (Å²) in [5.41, 5.74) is 1.62. The lowest BCUT2D eigenvalue weighted by Gasteiger charge is -2.09. The van der Waals surface area contributed by atoms with Gasteiger partial charge in [0.2, 0.25) is 5.82 Å². The molecular weight excluding hydrogens is 322 g/mol. The summed E-state index contributed by atoms with van der Waals surface area (Å²) in [5, 5.41) is 14.4. The largest absolute Gasteiger partial charge is 0.434 e. The summed E-state index contributed by atoms with van der Waals surface area (Å²) in [4.78, 5) is 22.8. The molecular formula is C17H15N5O3. The highest BCUT2D eigenvalue weighted by atomic mass is 16.6. The second kappa shape index (κ2) is 7.35. The number of benzene rings is 1. The first-order valence-electron chi connectivity index (χ1n) is 7.50. The van der Waals surface area contributed by atoms with Gasteiger partial charge in [-0.05, 0) is 30.7 Å². The summed E-state index contributed by atoms with van der Waals surface area (Å²) in [5.74, 6) is 0.439. The molecule has 0 bridgehead atoms. The summed E-state index contributed by atoms with van der Waals surface area (Å²) >= 11 is 0. The fraction of sp³-hybridized carbons (Fsp3) is 0.118. The molecule has 1 aromatic carbocycles. The number of hydrogen-bond acceptors (Lipinski definition) is 7. The van der Waals surface area contributed by atoms with E-state index >= 15 is 0 Å². The summed E-state index contributed by atoms with van der Waals surface area (Å²) in [6.45, 7) is 2.28. The van der Waals surface area contributed by atoms with Crippen LogP contribution in [-0.2, 0) is 6.54 Å². The molecule has 0 fully saturated rings. The first-order chi connectivity index (χ1) is 12.1. The van der Waals surface area contributed by atoms with Crippen LogP contribution < -0.4 is 10.1 Å². The van der Waals surface area contributed by atoms with Crippen molar-refractivity contribution in [2.75, 3.05) is 5.32 Å². The molecule has 2 aromatic heterocycles. The zero-order chi connectivity index (χ0) is 17.6. The SMILES string of the molecule is Cc1ccc(Oc2ncnc(NCc3cccnc3)c2[N+](=O)[O-])cc1. The molecule has 1 N–H and O–H groups in total. The molecule has 3 aromatic rings. The molecule has 0 atom stereocenters. The first-order valence-corrected chi connectivity index (χ1v) is 7.50. The lowest BCUT2D eigenvalue weighted by Crippen LogP contribution is -2.07. The molecule has 126 valence electrons. The fourth-order valence-corrected chi connectivity index (χ4v) is 2.14. The Labute approximate surface area is 143 Å². The fourth-order valence-electron chi connectivity index (χ4n) is 2.14. The Kier molecular flexibility index (Phi) is 4.79. The number of aryl methyl sites for hydroxylation is 1. The minimum Gasteiger partial charge on any atom is -0.434 e. The minimum atomic E-state index is -0.560. The second-order valence-electron chi connectivity index (χ2n) is 5.26. The number of aromatic nitrogens is 3. The third-order valence-corrected chi connectivity index (χ3v) is 3.39. The number of nitrogens with zero attached hydrogens (tertiary/aromatic N) is 4. The zero-order valence-electron chi connectivity index (χ0n) is 13.4. The number of hydrogen-bond donors (Lipinski definition) is 1. The Morgan fingerprint density at radius 1 is 1.20 bits per heavy atom. The van der Waals surface area contributed by atoms with E-state index in [1.54, 1.807) is 30.6 Å². The number of nitro groups is 1. The van der Waals surface area contributed by atoms with Gasteiger partial charge in [0.25, 0.3) is 0 Å². The average molecular weight is 337 g/mol. The highest BCUT2D eigenvalue weighted by molar-refractivity contribution is 5.61. The van der Waals surface area contributed by atoms with Gasteiger partial charge in [-0.1, -0.05) is 23.8 Å². The molecule has 0 saturated carbocycles. The van der Waals surface area contributed by atoms with Crippen molar-refractivity contribution >= 4 is 11.5 Å². The Bertz CT molecular complexity index is 869. The van der Waals surface area contributed by atoms with Crippen molar-refractivity contribution in [2.45, 2.75) is 13.5 Å². The molecule has 0 aliphatic heterocycles. The molecule has 3 rings (SSSR count). The molecule has 0 aliphatic carbocycles.